The number of hydrogen-bond acceptors (Lipinski definition) is 3. The van der Waals surface area contributed by atoms with Gasteiger partial charge in [0, 0.05) is 13.1 Å². The molecule has 11 heavy (non-hydrogen) atoms. The van der Waals surface area contributed by atoms with Gasteiger partial charge < -0.3 is 9.64 Å². The Hall–Kier alpha value is -0.830. The Balaban J connectivity index is 1.87. The molecule has 2 aliphatic heterocycles. The smallest absolute Gasteiger partial charge is 0.120 e. The quantitative estimate of drug-likeness (QED) is 0.538. The molecule has 2 heterocycles. The monoisotopic (exact) mass is 152 g/mol. The molecule has 0 unspecified atom stereocenters. The van der Waals surface area contributed by atoms with Crippen LogP contribution in [0.25, 0.3) is 0 Å². The first kappa shape index (κ1) is 6.85. The molecule has 60 valence electrons. The summed E-state index contributed by atoms with van der Waals surface area (Å²) in [5, 5.41) is 0. The van der Waals surface area contributed by atoms with Crippen molar-refractivity contribution < 1.29 is 4.74 Å². The van der Waals surface area contributed by atoms with Crippen LogP contribution < -0.4 is 0 Å². The first-order valence-corrected chi connectivity index (χ1v) is 3.74. The van der Waals surface area contributed by atoms with Gasteiger partial charge in [0.2, 0.25) is 0 Å². The Morgan fingerprint density at radius 3 is 2.45 bits per heavy atom. The molecule has 2 fully saturated rings. The second kappa shape index (κ2) is 2.08. The van der Waals surface area contributed by atoms with Crippen LogP contribution in [0.2, 0.25) is 0 Å². The van der Waals surface area contributed by atoms with Gasteiger partial charge in [-0.2, -0.15) is 0 Å². The average Bonchev–Trinajstić information content (AvgIpc) is 1.81. The third-order valence-electron chi connectivity index (χ3n) is 2.42. The van der Waals surface area contributed by atoms with Crippen molar-refractivity contribution in [2.45, 2.75) is 0 Å². The van der Waals surface area contributed by atoms with E-state index in [4.69, 9.17) is 4.74 Å². The minimum atomic E-state index is 0.452. The van der Waals surface area contributed by atoms with Gasteiger partial charge in [-0.3, -0.25) is 0 Å². The van der Waals surface area contributed by atoms with Crippen LogP contribution in [0, 0.1) is 5.41 Å². The zero-order chi connectivity index (χ0) is 7.90. The summed E-state index contributed by atoms with van der Waals surface area (Å²) in [4.78, 5) is 5.91. The fourth-order valence-corrected chi connectivity index (χ4v) is 1.62. The molecule has 0 atom stereocenters. The second-order valence-electron chi connectivity index (χ2n) is 3.42. The highest BCUT2D eigenvalue weighted by Crippen LogP contribution is 2.39. The lowest BCUT2D eigenvalue weighted by atomic mass is 9.78. The summed E-state index contributed by atoms with van der Waals surface area (Å²) in [5.74, 6) is 0.794. The molecule has 0 saturated carbocycles. The van der Waals surface area contributed by atoms with Crippen LogP contribution in [0.3, 0.4) is 0 Å². The third-order valence-corrected chi connectivity index (χ3v) is 2.42. The predicted molar refractivity (Wildman–Crippen MR) is 43.5 cm³/mol. The van der Waals surface area contributed by atoms with Crippen molar-refractivity contribution in [2.24, 2.45) is 10.4 Å². The molecule has 0 aromatic carbocycles. The van der Waals surface area contributed by atoms with Crippen molar-refractivity contribution in [2.75, 3.05) is 26.3 Å². The highest BCUT2D eigenvalue weighted by atomic mass is 16.5. The Labute approximate surface area is 66.4 Å². The largest absolute Gasteiger partial charge is 0.380 e. The fraction of sp³-hybridized carbons (Fsp3) is 0.625. The van der Waals surface area contributed by atoms with E-state index in [1.54, 1.807) is 0 Å². The lowest BCUT2D eigenvalue weighted by Gasteiger charge is -2.55. The Morgan fingerprint density at radius 2 is 2.09 bits per heavy atom. The molecular formula is C8H12N2O. The highest BCUT2D eigenvalue weighted by Gasteiger charge is 2.49. The second-order valence-corrected chi connectivity index (χ2v) is 3.42. The van der Waals surface area contributed by atoms with Crippen LogP contribution in [-0.4, -0.2) is 37.9 Å². The summed E-state index contributed by atoms with van der Waals surface area (Å²) < 4.78 is 5.14. The van der Waals surface area contributed by atoms with Crippen LogP contribution >= 0.6 is 0 Å². The normalized spacial score (nSPS) is 25.6. The van der Waals surface area contributed by atoms with Crippen molar-refractivity contribution in [1.29, 1.82) is 0 Å². The lowest BCUT2D eigenvalue weighted by Crippen LogP contribution is -2.65. The molecule has 0 bridgehead atoms. The van der Waals surface area contributed by atoms with Gasteiger partial charge in [0.15, 0.2) is 0 Å². The molecule has 3 heteroatoms. The molecule has 0 N–H and O–H groups in total. The van der Waals surface area contributed by atoms with Crippen LogP contribution in [-0.2, 0) is 4.74 Å². The Kier molecular flexibility index (Phi) is 1.29. The van der Waals surface area contributed by atoms with Crippen molar-refractivity contribution in [3.05, 3.63) is 12.4 Å². The number of rotatable bonds is 2. The van der Waals surface area contributed by atoms with Crippen LogP contribution in [0.4, 0.5) is 0 Å². The lowest BCUT2D eigenvalue weighted by molar-refractivity contribution is -0.180. The van der Waals surface area contributed by atoms with E-state index in [0.717, 1.165) is 32.1 Å². The molecule has 0 radical (unpaired) electrons. The molecular weight excluding hydrogens is 140 g/mol. The number of nitrogens with zero attached hydrogens (tertiary/aromatic N) is 2. The van der Waals surface area contributed by atoms with E-state index in [1.165, 1.54) is 0 Å². The van der Waals surface area contributed by atoms with E-state index < -0.39 is 0 Å². The van der Waals surface area contributed by atoms with Crippen molar-refractivity contribution in [1.82, 2.24) is 4.90 Å². The maximum atomic E-state index is 5.14. The fourth-order valence-electron chi connectivity index (χ4n) is 1.62. The molecule has 2 aliphatic rings. The third kappa shape index (κ3) is 0.878. The van der Waals surface area contributed by atoms with E-state index in [0.29, 0.717) is 5.41 Å². The first-order chi connectivity index (χ1) is 5.26. The van der Waals surface area contributed by atoms with E-state index in [9.17, 15) is 0 Å². The van der Waals surface area contributed by atoms with Crippen LogP contribution in [0.1, 0.15) is 0 Å². The zero-order valence-corrected chi connectivity index (χ0v) is 6.55. The van der Waals surface area contributed by atoms with Crippen molar-refractivity contribution in [3.8, 4) is 0 Å². The molecule has 0 amide bonds. The Morgan fingerprint density at radius 1 is 1.45 bits per heavy atom. The van der Waals surface area contributed by atoms with Crippen LogP contribution in [0.5, 0.6) is 0 Å². The zero-order valence-electron chi connectivity index (χ0n) is 6.55. The maximum absolute atomic E-state index is 5.14. The molecule has 1 spiro atoms. The van der Waals surface area contributed by atoms with Gasteiger partial charge in [0.25, 0.3) is 0 Å². The van der Waals surface area contributed by atoms with Gasteiger partial charge in [-0.05, 0) is 6.72 Å². The van der Waals surface area contributed by atoms with E-state index in [-0.39, 0.29) is 0 Å². The minimum absolute atomic E-state index is 0.452. The highest BCUT2D eigenvalue weighted by molar-refractivity contribution is 5.28. The van der Waals surface area contributed by atoms with Crippen LogP contribution in [0.15, 0.2) is 17.4 Å². The van der Waals surface area contributed by atoms with E-state index >= 15 is 0 Å². The van der Waals surface area contributed by atoms with Gasteiger partial charge in [0.05, 0.1) is 18.6 Å². The predicted octanol–water partition coefficient (Wildman–Crippen LogP) is 0.490. The SMILES string of the molecule is C=NC(=C)N1CC2(COC2)C1. The molecule has 3 nitrogen and oxygen atoms in total. The summed E-state index contributed by atoms with van der Waals surface area (Å²) >= 11 is 0. The Bertz CT molecular complexity index is 200. The molecule has 0 aromatic heterocycles. The van der Waals surface area contributed by atoms with Gasteiger partial charge in [-0.15, -0.1) is 0 Å². The molecule has 2 rings (SSSR count). The van der Waals surface area contributed by atoms with Crippen molar-refractivity contribution >= 4 is 6.72 Å². The van der Waals surface area contributed by atoms with E-state index in [1.807, 2.05) is 0 Å². The summed E-state index contributed by atoms with van der Waals surface area (Å²) in [6.07, 6.45) is 0. The van der Waals surface area contributed by atoms with Crippen molar-refractivity contribution in [3.63, 3.8) is 0 Å². The standard InChI is InChI=1S/C8H12N2O/c1-7(9-2)10-3-8(4-10)5-11-6-8/h1-6H2. The topological polar surface area (TPSA) is 24.8 Å². The summed E-state index contributed by atoms with van der Waals surface area (Å²) in [5.41, 5.74) is 0.452. The molecule has 2 saturated heterocycles. The summed E-state index contributed by atoms with van der Waals surface area (Å²) in [7, 11) is 0. The number of likely N-dealkylation sites (tertiary alicyclic amines) is 1. The van der Waals surface area contributed by atoms with Gasteiger partial charge in [-0.1, -0.05) is 6.58 Å². The van der Waals surface area contributed by atoms with Gasteiger partial charge >= 0.3 is 0 Å². The van der Waals surface area contributed by atoms with Gasteiger partial charge in [-0.25, -0.2) is 4.99 Å². The number of hydrogen-bond donors (Lipinski definition) is 0. The number of ether oxygens (including phenoxy) is 1. The maximum Gasteiger partial charge on any atom is 0.120 e. The summed E-state index contributed by atoms with van der Waals surface area (Å²) in [6.45, 7) is 11.1. The average molecular weight is 152 g/mol. The van der Waals surface area contributed by atoms with E-state index in [2.05, 4.69) is 23.2 Å². The minimum Gasteiger partial charge on any atom is -0.380 e. The molecule has 0 aromatic rings. The van der Waals surface area contributed by atoms with Gasteiger partial charge in [0.1, 0.15) is 5.82 Å². The summed E-state index contributed by atoms with van der Waals surface area (Å²) in [6, 6.07) is 0. The first-order valence-electron chi connectivity index (χ1n) is 3.74. The number of aliphatic imine (C=N–C) groups is 1. The molecule has 0 aliphatic carbocycles.